The lowest BCUT2D eigenvalue weighted by Crippen LogP contribution is -2.22. The zero-order valence-corrected chi connectivity index (χ0v) is 17.1. The predicted molar refractivity (Wildman–Crippen MR) is 115 cm³/mol. The van der Waals surface area contributed by atoms with Crippen LogP contribution >= 0.6 is 0 Å². The maximum atomic E-state index is 13.6. The fourth-order valence-corrected chi connectivity index (χ4v) is 3.08. The molecule has 1 N–H and O–H groups in total. The Morgan fingerprint density at radius 1 is 1.13 bits per heavy atom. The van der Waals surface area contributed by atoms with Gasteiger partial charge in [0.2, 0.25) is 0 Å². The number of nitrogens with zero attached hydrogens (tertiary/aromatic N) is 2. The number of halogens is 1. The van der Waals surface area contributed by atoms with Crippen LogP contribution in [0, 0.1) is 31.0 Å². The lowest BCUT2D eigenvalue weighted by Gasteiger charge is -2.13. The van der Waals surface area contributed by atoms with Crippen molar-refractivity contribution in [1.82, 2.24) is 4.57 Å². The van der Waals surface area contributed by atoms with Crippen LogP contribution in [-0.2, 0) is 14.3 Å². The summed E-state index contributed by atoms with van der Waals surface area (Å²) >= 11 is 0. The number of hydrogen-bond donors (Lipinski definition) is 1. The summed E-state index contributed by atoms with van der Waals surface area (Å²) in [6.07, 6.45) is 2.32. The summed E-state index contributed by atoms with van der Waals surface area (Å²) < 4.78 is 20.3. The Hall–Kier alpha value is -4.18. The predicted octanol–water partition coefficient (Wildman–Crippen LogP) is 4.30. The van der Waals surface area contributed by atoms with Crippen molar-refractivity contribution < 1.29 is 18.7 Å². The second-order valence-corrected chi connectivity index (χ2v) is 6.73. The Morgan fingerprint density at radius 2 is 1.81 bits per heavy atom. The minimum Gasteiger partial charge on any atom is -0.452 e. The average molecular weight is 417 g/mol. The normalized spacial score (nSPS) is 10.6. The Bertz CT molecular complexity index is 1190. The van der Waals surface area contributed by atoms with Gasteiger partial charge in [0.15, 0.2) is 6.61 Å². The van der Waals surface area contributed by atoms with E-state index in [-0.39, 0.29) is 5.56 Å². The molecule has 0 unspecified atom stereocenters. The van der Waals surface area contributed by atoms with Crippen molar-refractivity contribution in [3.8, 4) is 11.8 Å². The molecule has 7 heteroatoms. The molecule has 1 heterocycles. The molecule has 0 fully saturated rings. The molecule has 31 heavy (non-hydrogen) atoms. The SMILES string of the molecule is Cc1c(C#N)c(NC(=O)COC(=O)/C=C/c2ccccc2F)n(-c2ccccc2)c1C. The highest BCUT2D eigenvalue weighted by molar-refractivity contribution is 5.95. The summed E-state index contributed by atoms with van der Waals surface area (Å²) in [4.78, 5) is 24.3. The van der Waals surface area contributed by atoms with Gasteiger partial charge < -0.3 is 10.1 Å². The van der Waals surface area contributed by atoms with Crippen LogP contribution in [0.4, 0.5) is 10.2 Å². The highest BCUT2D eigenvalue weighted by Crippen LogP contribution is 2.29. The summed E-state index contributed by atoms with van der Waals surface area (Å²) in [7, 11) is 0. The van der Waals surface area contributed by atoms with E-state index >= 15 is 0 Å². The molecule has 0 spiro atoms. The van der Waals surface area contributed by atoms with Crippen molar-refractivity contribution in [3.63, 3.8) is 0 Å². The monoisotopic (exact) mass is 417 g/mol. The number of carbonyl (C=O) groups excluding carboxylic acids is 2. The first-order valence-corrected chi connectivity index (χ1v) is 9.49. The molecular formula is C24H20FN3O3. The third-order valence-corrected chi connectivity index (χ3v) is 4.75. The van der Waals surface area contributed by atoms with E-state index < -0.39 is 24.3 Å². The first-order chi connectivity index (χ1) is 14.9. The van der Waals surface area contributed by atoms with Crippen LogP contribution in [0.15, 0.2) is 60.7 Å². The van der Waals surface area contributed by atoms with Crippen molar-refractivity contribution in [2.75, 3.05) is 11.9 Å². The Balaban J connectivity index is 1.72. The summed E-state index contributed by atoms with van der Waals surface area (Å²) in [6.45, 7) is 3.10. The molecule has 0 aliphatic rings. The number of ether oxygens (including phenoxy) is 1. The third kappa shape index (κ3) is 4.87. The molecule has 2 aromatic carbocycles. The lowest BCUT2D eigenvalue weighted by molar-refractivity contribution is -0.142. The molecule has 3 aromatic rings. The van der Waals surface area contributed by atoms with Crippen LogP contribution in [0.25, 0.3) is 11.8 Å². The van der Waals surface area contributed by atoms with Gasteiger partial charge >= 0.3 is 5.97 Å². The number of benzene rings is 2. The molecule has 0 bridgehead atoms. The Morgan fingerprint density at radius 3 is 2.48 bits per heavy atom. The number of rotatable bonds is 6. The first kappa shape index (κ1) is 21.5. The van der Waals surface area contributed by atoms with Crippen LogP contribution < -0.4 is 5.32 Å². The van der Waals surface area contributed by atoms with Gasteiger partial charge in [-0.1, -0.05) is 36.4 Å². The molecule has 0 aliphatic heterocycles. The standard InChI is InChI=1S/C24H20FN3O3/c1-16-17(2)28(19-9-4-3-5-10-19)24(20(16)14-26)27-22(29)15-31-23(30)13-12-18-8-6-7-11-21(18)25/h3-13H,15H2,1-2H3,(H,27,29)/b13-12+. The van der Waals surface area contributed by atoms with Crippen LogP contribution in [0.1, 0.15) is 22.4 Å². The highest BCUT2D eigenvalue weighted by atomic mass is 19.1. The minimum atomic E-state index is -0.787. The first-order valence-electron chi connectivity index (χ1n) is 9.49. The largest absolute Gasteiger partial charge is 0.452 e. The van der Waals surface area contributed by atoms with Crippen molar-refractivity contribution in [3.05, 3.63) is 88.9 Å². The fraction of sp³-hybridized carbons (Fsp3) is 0.125. The van der Waals surface area contributed by atoms with Crippen LogP contribution in [0.3, 0.4) is 0 Å². The molecule has 3 rings (SSSR count). The average Bonchev–Trinajstić information content (AvgIpc) is 3.01. The smallest absolute Gasteiger partial charge is 0.331 e. The number of hydrogen-bond acceptors (Lipinski definition) is 4. The van der Waals surface area contributed by atoms with E-state index in [0.717, 1.165) is 23.0 Å². The van der Waals surface area contributed by atoms with Gasteiger partial charge in [-0.3, -0.25) is 9.36 Å². The topological polar surface area (TPSA) is 84.1 Å². The molecule has 0 aliphatic carbocycles. The number of esters is 1. The number of para-hydroxylation sites is 1. The zero-order chi connectivity index (χ0) is 22.4. The van der Waals surface area contributed by atoms with Gasteiger partial charge in [-0.15, -0.1) is 0 Å². The second kappa shape index (κ2) is 9.55. The minimum absolute atomic E-state index is 0.231. The van der Waals surface area contributed by atoms with E-state index in [1.54, 1.807) is 23.6 Å². The number of nitriles is 1. The van der Waals surface area contributed by atoms with E-state index in [9.17, 15) is 19.2 Å². The number of aromatic nitrogens is 1. The number of amides is 1. The van der Waals surface area contributed by atoms with Gasteiger partial charge in [-0.2, -0.15) is 5.26 Å². The van der Waals surface area contributed by atoms with E-state index in [1.807, 2.05) is 37.3 Å². The van der Waals surface area contributed by atoms with E-state index in [4.69, 9.17) is 4.74 Å². The number of nitrogens with one attached hydrogen (secondary N) is 1. The molecule has 156 valence electrons. The summed E-state index contributed by atoms with van der Waals surface area (Å²) in [5.41, 5.74) is 2.90. The van der Waals surface area contributed by atoms with Gasteiger partial charge in [0.1, 0.15) is 17.7 Å². The van der Waals surface area contributed by atoms with Crippen LogP contribution in [0.5, 0.6) is 0 Å². The van der Waals surface area contributed by atoms with E-state index in [0.29, 0.717) is 11.4 Å². The maximum absolute atomic E-state index is 13.6. The zero-order valence-electron chi connectivity index (χ0n) is 17.1. The lowest BCUT2D eigenvalue weighted by atomic mass is 10.2. The highest BCUT2D eigenvalue weighted by Gasteiger charge is 2.21. The van der Waals surface area contributed by atoms with Crippen molar-refractivity contribution >= 4 is 23.8 Å². The van der Waals surface area contributed by atoms with Crippen molar-refractivity contribution in [2.24, 2.45) is 0 Å². The van der Waals surface area contributed by atoms with E-state index in [2.05, 4.69) is 11.4 Å². The molecule has 6 nitrogen and oxygen atoms in total. The number of carbonyl (C=O) groups is 2. The summed E-state index contributed by atoms with van der Waals surface area (Å²) in [6, 6.07) is 17.4. The fourth-order valence-electron chi connectivity index (χ4n) is 3.08. The third-order valence-electron chi connectivity index (χ3n) is 4.75. The van der Waals surface area contributed by atoms with Gasteiger partial charge in [0.05, 0.1) is 5.56 Å². The molecular weight excluding hydrogens is 397 g/mol. The molecule has 1 amide bonds. The summed E-state index contributed by atoms with van der Waals surface area (Å²) in [5.74, 6) is -1.55. The molecule has 0 saturated carbocycles. The van der Waals surface area contributed by atoms with Gasteiger partial charge in [-0.25, -0.2) is 9.18 Å². The van der Waals surface area contributed by atoms with Crippen molar-refractivity contribution in [2.45, 2.75) is 13.8 Å². The quantitative estimate of drug-likeness (QED) is 0.479. The van der Waals surface area contributed by atoms with Crippen molar-refractivity contribution in [1.29, 1.82) is 5.26 Å². The van der Waals surface area contributed by atoms with Crippen LogP contribution in [0.2, 0.25) is 0 Å². The Kier molecular flexibility index (Phi) is 6.63. The van der Waals surface area contributed by atoms with Gasteiger partial charge in [0, 0.05) is 23.0 Å². The molecule has 0 saturated heterocycles. The summed E-state index contributed by atoms with van der Waals surface area (Å²) in [5, 5.41) is 12.2. The van der Waals surface area contributed by atoms with Gasteiger partial charge in [0.25, 0.3) is 5.91 Å². The molecule has 1 aromatic heterocycles. The van der Waals surface area contributed by atoms with E-state index in [1.165, 1.54) is 18.2 Å². The molecule has 0 radical (unpaired) electrons. The molecule has 0 atom stereocenters. The number of anilines is 1. The van der Waals surface area contributed by atoms with Crippen LogP contribution in [-0.4, -0.2) is 23.1 Å². The van der Waals surface area contributed by atoms with Gasteiger partial charge in [-0.05, 0) is 43.7 Å². The maximum Gasteiger partial charge on any atom is 0.331 e. The second-order valence-electron chi connectivity index (χ2n) is 6.73. The Labute approximate surface area is 179 Å².